The minimum absolute atomic E-state index is 0.00469. The molecule has 1 aliphatic rings. The normalized spacial score (nSPS) is 13.7. The fraction of sp³-hybridized carbons (Fsp3) is 0.286. The number of nitrogens with one attached hydrogen (secondary N) is 3. The Morgan fingerprint density at radius 1 is 1.19 bits per heavy atom. The molecular weight excluding hydrogens is 418 g/mol. The van der Waals surface area contributed by atoms with Crippen molar-refractivity contribution < 1.29 is 17.9 Å². The molecule has 31 heavy (non-hydrogen) atoms. The van der Waals surface area contributed by atoms with E-state index < -0.39 is 10.0 Å². The van der Waals surface area contributed by atoms with Crippen LogP contribution in [0.1, 0.15) is 34.6 Å². The molecule has 0 aliphatic heterocycles. The van der Waals surface area contributed by atoms with E-state index in [1.165, 1.54) is 12.1 Å². The highest BCUT2D eigenvalue weighted by atomic mass is 32.2. The van der Waals surface area contributed by atoms with Crippen molar-refractivity contribution in [2.24, 2.45) is 0 Å². The van der Waals surface area contributed by atoms with Gasteiger partial charge in [-0.25, -0.2) is 18.1 Å². The minimum Gasteiger partial charge on any atom is -0.497 e. The molecule has 3 aromatic rings. The summed E-state index contributed by atoms with van der Waals surface area (Å²) in [6, 6.07) is 11.9. The van der Waals surface area contributed by atoms with Crippen LogP contribution in [0.4, 0.5) is 0 Å². The van der Waals surface area contributed by atoms with Gasteiger partial charge in [0.25, 0.3) is 5.91 Å². The van der Waals surface area contributed by atoms with Gasteiger partial charge in [0.05, 0.1) is 18.6 Å². The Hall–Kier alpha value is -3.24. The number of methoxy groups -OCH3 is 1. The number of hydrogen-bond donors (Lipinski definition) is 3. The molecule has 0 atom stereocenters. The first-order valence-corrected chi connectivity index (χ1v) is 11.3. The molecule has 0 radical (unpaired) electrons. The number of sulfonamides is 1. The fourth-order valence-electron chi connectivity index (χ4n) is 3.00. The quantitative estimate of drug-likeness (QED) is 0.492. The molecule has 9 nitrogen and oxygen atoms in total. The van der Waals surface area contributed by atoms with E-state index in [1.54, 1.807) is 20.1 Å². The molecule has 1 aliphatic carbocycles. The zero-order valence-electron chi connectivity index (χ0n) is 17.2. The number of rotatable bonds is 8. The van der Waals surface area contributed by atoms with E-state index in [0.29, 0.717) is 22.8 Å². The molecule has 0 bridgehead atoms. The molecule has 10 heteroatoms. The highest BCUT2D eigenvalue weighted by molar-refractivity contribution is 7.89. The summed E-state index contributed by atoms with van der Waals surface area (Å²) in [4.78, 5) is 17.2. The van der Waals surface area contributed by atoms with Crippen molar-refractivity contribution in [2.75, 3.05) is 7.11 Å². The van der Waals surface area contributed by atoms with Crippen LogP contribution >= 0.6 is 0 Å². The van der Waals surface area contributed by atoms with E-state index >= 15 is 0 Å². The van der Waals surface area contributed by atoms with Gasteiger partial charge in [-0.05, 0) is 61.7 Å². The van der Waals surface area contributed by atoms with Gasteiger partial charge in [0.15, 0.2) is 5.82 Å². The maximum atomic E-state index is 12.7. The number of aryl methyl sites for hydroxylation is 1. The molecule has 1 aromatic heterocycles. The lowest BCUT2D eigenvalue weighted by atomic mass is 10.1. The minimum atomic E-state index is -3.64. The average Bonchev–Trinajstić information content (AvgIpc) is 3.44. The van der Waals surface area contributed by atoms with Gasteiger partial charge < -0.3 is 10.1 Å². The van der Waals surface area contributed by atoms with E-state index in [1.807, 2.05) is 24.3 Å². The van der Waals surface area contributed by atoms with Gasteiger partial charge in [-0.15, -0.1) is 0 Å². The van der Waals surface area contributed by atoms with E-state index in [9.17, 15) is 13.2 Å². The first kappa shape index (κ1) is 21.0. The van der Waals surface area contributed by atoms with Crippen LogP contribution in [-0.4, -0.2) is 42.7 Å². The van der Waals surface area contributed by atoms with Crippen LogP contribution in [0.3, 0.4) is 0 Å². The number of ether oxygens (including phenoxy) is 1. The second-order valence-corrected chi connectivity index (χ2v) is 9.10. The van der Waals surface area contributed by atoms with Crippen LogP contribution in [0.25, 0.3) is 11.4 Å². The van der Waals surface area contributed by atoms with Gasteiger partial charge >= 0.3 is 0 Å². The third-order valence-electron chi connectivity index (χ3n) is 4.96. The number of amides is 1. The smallest absolute Gasteiger partial charge is 0.251 e. The summed E-state index contributed by atoms with van der Waals surface area (Å²) in [5.74, 6) is 1.33. The van der Waals surface area contributed by atoms with Gasteiger partial charge in [0.1, 0.15) is 11.6 Å². The number of hydrogen-bond acceptors (Lipinski definition) is 6. The molecule has 1 heterocycles. The summed E-state index contributed by atoms with van der Waals surface area (Å²) >= 11 is 0. The van der Waals surface area contributed by atoms with E-state index in [2.05, 4.69) is 25.2 Å². The van der Waals surface area contributed by atoms with Gasteiger partial charge in [-0.2, -0.15) is 5.10 Å². The lowest BCUT2D eigenvalue weighted by Gasteiger charge is -2.10. The number of carbonyl (C=O) groups is 1. The van der Waals surface area contributed by atoms with Crippen LogP contribution in [0.2, 0.25) is 0 Å². The summed E-state index contributed by atoms with van der Waals surface area (Å²) in [7, 11) is -2.04. The third-order valence-corrected chi connectivity index (χ3v) is 6.48. The second kappa shape index (κ2) is 8.48. The molecule has 0 saturated heterocycles. The monoisotopic (exact) mass is 441 g/mol. The van der Waals surface area contributed by atoms with Crippen molar-refractivity contribution >= 4 is 15.9 Å². The van der Waals surface area contributed by atoms with Gasteiger partial charge in [0, 0.05) is 17.2 Å². The summed E-state index contributed by atoms with van der Waals surface area (Å²) in [6.45, 7) is 1.88. The molecule has 2 aromatic carbocycles. The summed E-state index contributed by atoms with van der Waals surface area (Å²) < 4.78 is 32.7. The van der Waals surface area contributed by atoms with Crippen molar-refractivity contribution in [3.05, 3.63) is 59.4 Å². The summed E-state index contributed by atoms with van der Waals surface area (Å²) in [5, 5.41) is 9.74. The van der Waals surface area contributed by atoms with Crippen LogP contribution < -0.4 is 14.8 Å². The molecule has 4 rings (SSSR count). The Bertz CT molecular complexity index is 1200. The van der Waals surface area contributed by atoms with E-state index in [-0.39, 0.29) is 23.4 Å². The van der Waals surface area contributed by atoms with Crippen molar-refractivity contribution in [3.63, 3.8) is 0 Å². The maximum absolute atomic E-state index is 12.7. The average molecular weight is 442 g/mol. The Balaban J connectivity index is 1.44. The Labute approximate surface area is 180 Å². The topological polar surface area (TPSA) is 126 Å². The number of aromatic nitrogens is 3. The third kappa shape index (κ3) is 4.92. The Kier molecular flexibility index (Phi) is 5.75. The Morgan fingerprint density at radius 2 is 1.94 bits per heavy atom. The van der Waals surface area contributed by atoms with Crippen LogP contribution in [0.5, 0.6) is 5.75 Å². The zero-order valence-corrected chi connectivity index (χ0v) is 18.0. The number of carbonyl (C=O) groups excluding carboxylic acids is 1. The molecule has 0 unspecified atom stereocenters. The predicted octanol–water partition coefficient (Wildman–Crippen LogP) is 2.16. The summed E-state index contributed by atoms with van der Waals surface area (Å²) in [5.41, 5.74) is 1.79. The fourth-order valence-corrected chi connectivity index (χ4v) is 4.34. The van der Waals surface area contributed by atoms with Crippen molar-refractivity contribution in [3.8, 4) is 17.1 Å². The van der Waals surface area contributed by atoms with Crippen LogP contribution in [0.15, 0.2) is 47.4 Å². The van der Waals surface area contributed by atoms with E-state index in [0.717, 1.165) is 24.2 Å². The molecule has 3 N–H and O–H groups in total. The van der Waals surface area contributed by atoms with Crippen molar-refractivity contribution in [2.45, 2.75) is 37.2 Å². The highest BCUT2D eigenvalue weighted by Crippen LogP contribution is 2.23. The van der Waals surface area contributed by atoms with Gasteiger partial charge in [-0.1, -0.05) is 6.07 Å². The molecule has 1 fully saturated rings. The largest absolute Gasteiger partial charge is 0.497 e. The Morgan fingerprint density at radius 3 is 2.61 bits per heavy atom. The lowest BCUT2D eigenvalue weighted by molar-refractivity contribution is 0.0949. The van der Waals surface area contributed by atoms with Crippen LogP contribution in [-0.2, 0) is 16.6 Å². The molecule has 1 saturated carbocycles. The zero-order chi connectivity index (χ0) is 22.0. The first-order valence-electron chi connectivity index (χ1n) is 9.82. The highest BCUT2D eigenvalue weighted by Gasteiger charge is 2.28. The molecule has 1 amide bonds. The van der Waals surface area contributed by atoms with Crippen LogP contribution in [0, 0.1) is 6.92 Å². The number of benzene rings is 2. The maximum Gasteiger partial charge on any atom is 0.251 e. The standard InChI is InChI=1S/C21H23N5O4S/c1-13-3-10-17(31(28,29)26-15-6-7-15)11-18(13)21(27)22-12-19-23-20(25-24-19)14-4-8-16(30-2)9-5-14/h3-5,8-11,15,26H,6-7,12H2,1-2H3,(H,22,27)(H,23,24,25). The molecule has 162 valence electrons. The van der Waals surface area contributed by atoms with Crippen molar-refractivity contribution in [1.82, 2.24) is 25.2 Å². The molecular formula is C21H23N5O4S. The van der Waals surface area contributed by atoms with Crippen molar-refractivity contribution in [1.29, 1.82) is 0 Å². The predicted molar refractivity (Wildman–Crippen MR) is 114 cm³/mol. The van der Waals surface area contributed by atoms with E-state index in [4.69, 9.17) is 4.74 Å². The SMILES string of the molecule is COc1ccc(-c2n[nH]c(CNC(=O)c3cc(S(=O)(=O)NC4CC4)ccc3C)n2)cc1. The van der Waals surface area contributed by atoms with Gasteiger partial charge in [0.2, 0.25) is 10.0 Å². The second-order valence-electron chi connectivity index (χ2n) is 7.39. The van der Waals surface area contributed by atoms with Gasteiger partial charge in [-0.3, -0.25) is 9.89 Å². The number of aromatic amines is 1. The summed E-state index contributed by atoms with van der Waals surface area (Å²) in [6.07, 6.45) is 1.68. The lowest BCUT2D eigenvalue weighted by Crippen LogP contribution is -2.27. The number of H-pyrrole nitrogens is 1. The molecule has 0 spiro atoms. The first-order chi connectivity index (χ1) is 14.9. The number of nitrogens with zero attached hydrogens (tertiary/aromatic N) is 2.